The van der Waals surface area contributed by atoms with Gasteiger partial charge in [-0.1, -0.05) is 44.0 Å². The average molecular weight is 225 g/mol. The molecule has 1 rings (SSSR count). The second-order valence-corrected chi connectivity index (χ2v) is 4.60. The molecule has 0 atom stereocenters. The average Bonchev–Trinajstić information content (AvgIpc) is 2.17. The number of carbonyl (C=O) groups is 1. The quantitative estimate of drug-likeness (QED) is 0.680. The molecule has 0 N–H and O–H groups in total. The molecule has 2 heteroatoms. The number of ketones is 1. The predicted molar refractivity (Wildman–Crippen MR) is 64.5 cm³/mol. The number of hydrogen-bond acceptors (Lipinski definition) is 1. The van der Waals surface area contributed by atoms with Gasteiger partial charge < -0.3 is 0 Å². The fourth-order valence-electron chi connectivity index (χ4n) is 1.49. The molecule has 0 bridgehead atoms. The Morgan fingerprint density at radius 2 is 2.00 bits per heavy atom. The minimum absolute atomic E-state index is 0.154. The fourth-order valence-corrected chi connectivity index (χ4v) is 1.73. The minimum Gasteiger partial charge on any atom is -0.294 e. The van der Waals surface area contributed by atoms with E-state index in [9.17, 15) is 4.79 Å². The number of hydrogen-bond donors (Lipinski definition) is 0. The second-order valence-electron chi connectivity index (χ2n) is 4.19. The molecule has 0 saturated carbocycles. The zero-order valence-corrected chi connectivity index (χ0v) is 10.1. The molecule has 0 radical (unpaired) electrons. The molecule has 15 heavy (non-hydrogen) atoms. The van der Waals surface area contributed by atoms with E-state index in [0.717, 1.165) is 12.8 Å². The Morgan fingerprint density at radius 3 is 2.60 bits per heavy atom. The third-order valence-corrected chi connectivity index (χ3v) is 2.69. The number of carbonyl (C=O) groups excluding carboxylic acids is 1. The van der Waals surface area contributed by atoms with Crippen LogP contribution in [-0.2, 0) is 0 Å². The summed E-state index contributed by atoms with van der Waals surface area (Å²) in [4.78, 5) is 11.8. The summed E-state index contributed by atoms with van der Waals surface area (Å²) in [5, 5.41) is 0.562. The Morgan fingerprint density at radius 1 is 1.33 bits per heavy atom. The highest BCUT2D eigenvalue weighted by atomic mass is 35.5. The van der Waals surface area contributed by atoms with Crippen molar-refractivity contribution in [2.75, 3.05) is 0 Å². The van der Waals surface area contributed by atoms with Crippen LogP contribution in [0.4, 0.5) is 0 Å². The predicted octanol–water partition coefficient (Wildman–Crippen LogP) is 4.35. The molecule has 0 aliphatic heterocycles. The first-order valence-corrected chi connectivity index (χ1v) is 5.76. The number of Topliss-reactive ketones (excluding diaryl/α,β-unsaturated/α-hetero) is 1. The highest BCUT2D eigenvalue weighted by Crippen LogP contribution is 2.18. The third kappa shape index (κ3) is 4.05. The third-order valence-electron chi connectivity index (χ3n) is 2.36. The highest BCUT2D eigenvalue weighted by Gasteiger charge is 2.09. The Balaban J connectivity index is 2.51. The summed E-state index contributed by atoms with van der Waals surface area (Å²) in [6, 6.07) is 7.24. The Bertz CT molecular complexity index is 331. The van der Waals surface area contributed by atoms with E-state index in [1.165, 1.54) is 0 Å². The van der Waals surface area contributed by atoms with E-state index in [1.54, 1.807) is 12.1 Å². The zero-order chi connectivity index (χ0) is 11.3. The highest BCUT2D eigenvalue weighted by molar-refractivity contribution is 6.33. The molecule has 1 aromatic rings. The standard InChI is InChI=1S/C13H17ClO/c1-10(2)6-5-9-13(15)11-7-3-4-8-12(11)14/h3-4,7-8,10H,5-6,9H2,1-2H3. The van der Waals surface area contributed by atoms with E-state index in [0.29, 0.717) is 22.9 Å². The van der Waals surface area contributed by atoms with Crippen molar-refractivity contribution in [3.05, 3.63) is 34.9 Å². The molecule has 0 unspecified atom stereocenters. The number of benzene rings is 1. The van der Waals surface area contributed by atoms with Crippen LogP contribution in [0.15, 0.2) is 24.3 Å². The first kappa shape index (κ1) is 12.3. The minimum atomic E-state index is 0.154. The molecular formula is C13H17ClO. The molecular weight excluding hydrogens is 208 g/mol. The van der Waals surface area contributed by atoms with Crippen LogP contribution in [0.3, 0.4) is 0 Å². The van der Waals surface area contributed by atoms with Crippen LogP contribution in [0, 0.1) is 5.92 Å². The lowest BCUT2D eigenvalue weighted by Gasteiger charge is -2.05. The Kier molecular flexibility index (Phi) is 4.83. The van der Waals surface area contributed by atoms with Crippen molar-refractivity contribution in [2.24, 2.45) is 5.92 Å². The van der Waals surface area contributed by atoms with Crippen LogP contribution in [0.2, 0.25) is 5.02 Å². The molecule has 0 heterocycles. The lowest BCUT2D eigenvalue weighted by molar-refractivity contribution is 0.0978. The summed E-state index contributed by atoms with van der Waals surface area (Å²) in [6.45, 7) is 4.33. The molecule has 82 valence electrons. The Labute approximate surface area is 96.5 Å². The van der Waals surface area contributed by atoms with Crippen molar-refractivity contribution < 1.29 is 4.79 Å². The molecule has 0 saturated heterocycles. The summed E-state index contributed by atoms with van der Waals surface area (Å²) in [7, 11) is 0. The van der Waals surface area contributed by atoms with E-state index in [-0.39, 0.29) is 5.78 Å². The van der Waals surface area contributed by atoms with E-state index in [1.807, 2.05) is 12.1 Å². The lowest BCUT2D eigenvalue weighted by Crippen LogP contribution is -2.00. The van der Waals surface area contributed by atoms with Crippen molar-refractivity contribution in [3.63, 3.8) is 0 Å². The van der Waals surface area contributed by atoms with Gasteiger partial charge in [-0.05, 0) is 24.5 Å². The normalized spacial score (nSPS) is 10.7. The Hall–Kier alpha value is -0.820. The van der Waals surface area contributed by atoms with Crippen LogP contribution >= 0.6 is 11.6 Å². The van der Waals surface area contributed by atoms with Crippen LogP contribution in [-0.4, -0.2) is 5.78 Å². The van der Waals surface area contributed by atoms with Gasteiger partial charge >= 0.3 is 0 Å². The first-order chi connectivity index (χ1) is 7.11. The smallest absolute Gasteiger partial charge is 0.164 e. The second kappa shape index (κ2) is 5.92. The van der Waals surface area contributed by atoms with E-state index >= 15 is 0 Å². The maximum atomic E-state index is 11.8. The van der Waals surface area contributed by atoms with E-state index in [4.69, 9.17) is 11.6 Å². The van der Waals surface area contributed by atoms with Crippen molar-refractivity contribution in [2.45, 2.75) is 33.1 Å². The van der Waals surface area contributed by atoms with Gasteiger partial charge in [0.05, 0.1) is 5.02 Å². The maximum absolute atomic E-state index is 11.8. The van der Waals surface area contributed by atoms with Crippen LogP contribution in [0.1, 0.15) is 43.5 Å². The fraction of sp³-hybridized carbons (Fsp3) is 0.462. The van der Waals surface area contributed by atoms with Gasteiger partial charge in [-0.3, -0.25) is 4.79 Å². The summed E-state index contributed by atoms with van der Waals surface area (Å²) >= 11 is 5.94. The van der Waals surface area contributed by atoms with Gasteiger partial charge in [0.25, 0.3) is 0 Å². The number of halogens is 1. The SMILES string of the molecule is CC(C)CCCC(=O)c1ccccc1Cl. The summed E-state index contributed by atoms with van der Waals surface area (Å²) < 4.78 is 0. The number of rotatable bonds is 5. The van der Waals surface area contributed by atoms with Gasteiger partial charge in [0.2, 0.25) is 0 Å². The van der Waals surface area contributed by atoms with Gasteiger partial charge in [-0.15, -0.1) is 0 Å². The summed E-state index contributed by atoms with van der Waals surface area (Å²) in [6.07, 6.45) is 2.64. The van der Waals surface area contributed by atoms with Crippen molar-refractivity contribution >= 4 is 17.4 Å². The van der Waals surface area contributed by atoms with Crippen molar-refractivity contribution in [1.82, 2.24) is 0 Å². The molecule has 0 aromatic heterocycles. The molecule has 0 spiro atoms. The first-order valence-electron chi connectivity index (χ1n) is 5.39. The lowest BCUT2D eigenvalue weighted by atomic mass is 10.0. The molecule has 0 aliphatic carbocycles. The molecule has 1 nitrogen and oxygen atoms in total. The van der Waals surface area contributed by atoms with Crippen LogP contribution in [0.25, 0.3) is 0 Å². The zero-order valence-electron chi connectivity index (χ0n) is 9.29. The topological polar surface area (TPSA) is 17.1 Å². The molecule has 0 aliphatic rings. The summed E-state index contributed by atoms with van der Waals surface area (Å²) in [5.74, 6) is 0.810. The summed E-state index contributed by atoms with van der Waals surface area (Å²) in [5.41, 5.74) is 0.655. The van der Waals surface area contributed by atoms with Crippen LogP contribution < -0.4 is 0 Å². The van der Waals surface area contributed by atoms with E-state index < -0.39 is 0 Å². The van der Waals surface area contributed by atoms with Gasteiger partial charge in [0, 0.05) is 12.0 Å². The van der Waals surface area contributed by atoms with Gasteiger partial charge in [0.1, 0.15) is 0 Å². The van der Waals surface area contributed by atoms with Gasteiger partial charge in [-0.25, -0.2) is 0 Å². The maximum Gasteiger partial charge on any atom is 0.164 e. The van der Waals surface area contributed by atoms with Crippen LogP contribution in [0.5, 0.6) is 0 Å². The monoisotopic (exact) mass is 224 g/mol. The van der Waals surface area contributed by atoms with Gasteiger partial charge in [-0.2, -0.15) is 0 Å². The molecule has 0 fully saturated rings. The molecule has 0 amide bonds. The largest absolute Gasteiger partial charge is 0.294 e. The van der Waals surface area contributed by atoms with Crippen molar-refractivity contribution in [3.8, 4) is 0 Å². The van der Waals surface area contributed by atoms with E-state index in [2.05, 4.69) is 13.8 Å². The van der Waals surface area contributed by atoms with Gasteiger partial charge in [0.15, 0.2) is 5.78 Å². The molecule has 1 aromatic carbocycles. The van der Waals surface area contributed by atoms with Crippen molar-refractivity contribution in [1.29, 1.82) is 0 Å².